The van der Waals surface area contributed by atoms with E-state index in [1.807, 2.05) is 18.2 Å². The molecule has 2 fully saturated rings. The molecule has 0 aromatic heterocycles. The van der Waals surface area contributed by atoms with Crippen LogP contribution in [0.2, 0.25) is 0 Å². The highest BCUT2D eigenvalue weighted by molar-refractivity contribution is 9.10. The van der Waals surface area contributed by atoms with Gasteiger partial charge in [0, 0.05) is 34.8 Å². The van der Waals surface area contributed by atoms with Crippen molar-refractivity contribution in [1.29, 1.82) is 0 Å². The molecule has 3 N–H and O–H groups in total. The first-order chi connectivity index (χ1) is 11.1. The zero-order chi connectivity index (χ0) is 16.4. The molecule has 4 nitrogen and oxygen atoms in total. The Bertz CT molecular complexity index is 570. The van der Waals surface area contributed by atoms with Gasteiger partial charge in [0.1, 0.15) is 0 Å². The van der Waals surface area contributed by atoms with E-state index < -0.39 is 0 Å². The first kappa shape index (κ1) is 19.7. The quantitative estimate of drug-likeness (QED) is 0.775. The maximum Gasteiger partial charge on any atom is 0.227 e. The van der Waals surface area contributed by atoms with Gasteiger partial charge in [-0.2, -0.15) is 0 Å². The van der Waals surface area contributed by atoms with Crippen LogP contribution in [0.4, 0.5) is 5.69 Å². The van der Waals surface area contributed by atoms with Gasteiger partial charge in [-0.1, -0.05) is 28.4 Å². The Morgan fingerprint density at radius 1 is 1.33 bits per heavy atom. The van der Waals surface area contributed by atoms with Gasteiger partial charge in [-0.25, -0.2) is 0 Å². The van der Waals surface area contributed by atoms with Crippen molar-refractivity contribution in [2.24, 2.45) is 23.5 Å². The molecule has 0 heterocycles. The minimum absolute atomic E-state index is 0. The fraction of sp³-hybridized carbons (Fsp3) is 0.611. The number of ether oxygens (including phenoxy) is 1. The van der Waals surface area contributed by atoms with Crippen LogP contribution in [0.5, 0.6) is 0 Å². The predicted molar refractivity (Wildman–Crippen MR) is 102 cm³/mol. The average molecular weight is 418 g/mol. The maximum absolute atomic E-state index is 12.8. The monoisotopic (exact) mass is 416 g/mol. The molecule has 134 valence electrons. The topological polar surface area (TPSA) is 64.3 Å². The Labute approximate surface area is 158 Å². The van der Waals surface area contributed by atoms with E-state index in [0.717, 1.165) is 28.6 Å². The lowest BCUT2D eigenvalue weighted by Gasteiger charge is -2.43. The predicted octanol–water partition coefficient (Wildman–Crippen LogP) is 4.11. The van der Waals surface area contributed by atoms with Crippen LogP contribution in [0.15, 0.2) is 22.7 Å². The number of fused-ring (bicyclic) bond motifs is 2. The SMILES string of the molecule is COCc1c(Br)cccc1NC(=O)C1CC2CCCC(C1)C2N.Cl. The summed E-state index contributed by atoms with van der Waals surface area (Å²) in [5, 5.41) is 3.12. The fourth-order valence-corrected chi connectivity index (χ4v) is 4.69. The van der Waals surface area contributed by atoms with E-state index in [0.29, 0.717) is 24.5 Å². The minimum atomic E-state index is 0. The van der Waals surface area contributed by atoms with Crippen molar-refractivity contribution in [1.82, 2.24) is 0 Å². The lowest BCUT2D eigenvalue weighted by atomic mass is 9.65. The first-order valence-electron chi connectivity index (χ1n) is 8.43. The van der Waals surface area contributed by atoms with Gasteiger partial charge < -0.3 is 15.8 Å². The average Bonchev–Trinajstić information content (AvgIpc) is 2.50. The molecule has 1 aromatic carbocycles. The molecule has 2 aliphatic rings. The number of anilines is 1. The number of rotatable bonds is 4. The largest absolute Gasteiger partial charge is 0.380 e. The van der Waals surface area contributed by atoms with Crippen molar-refractivity contribution in [3.8, 4) is 0 Å². The minimum Gasteiger partial charge on any atom is -0.380 e. The number of carbonyl (C=O) groups is 1. The van der Waals surface area contributed by atoms with Gasteiger partial charge in [0.2, 0.25) is 5.91 Å². The number of hydrogen-bond donors (Lipinski definition) is 2. The summed E-state index contributed by atoms with van der Waals surface area (Å²) in [6.45, 7) is 0.470. The van der Waals surface area contributed by atoms with Gasteiger partial charge in [0.05, 0.1) is 6.61 Å². The second-order valence-electron chi connectivity index (χ2n) is 6.88. The Hall–Kier alpha value is -0.620. The number of benzene rings is 1. The second kappa shape index (κ2) is 8.65. The highest BCUT2D eigenvalue weighted by Crippen LogP contribution is 2.42. The van der Waals surface area contributed by atoms with E-state index in [4.69, 9.17) is 10.5 Å². The lowest BCUT2D eigenvalue weighted by Crippen LogP contribution is -2.48. The Morgan fingerprint density at radius 2 is 2.00 bits per heavy atom. The number of nitrogens with two attached hydrogens (primary N) is 1. The van der Waals surface area contributed by atoms with Gasteiger partial charge >= 0.3 is 0 Å². The summed E-state index contributed by atoms with van der Waals surface area (Å²) < 4.78 is 6.21. The van der Waals surface area contributed by atoms with Crippen LogP contribution in [0.3, 0.4) is 0 Å². The van der Waals surface area contributed by atoms with Crippen LogP contribution >= 0.6 is 28.3 Å². The zero-order valence-electron chi connectivity index (χ0n) is 14.0. The van der Waals surface area contributed by atoms with Crippen LogP contribution in [0.25, 0.3) is 0 Å². The maximum atomic E-state index is 12.8. The summed E-state index contributed by atoms with van der Waals surface area (Å²) in [6, 6.07) is 6.13. The molecule has 0 saturated heterocycles. The first-order valence-corrected chi connectivity index (χ1v) is 9.22. The number of amides is 1. The normalized spacial score (nSPS) is 28.8. The molecule has 2 atom stereocenters. The van der Waals surface area contributed by atoms with Crippen LogP contribution in [-0.2, 0) is 16.1 Å². The lowest BCUT2D eigenvalue weighted by molar-refractivity contribution is -0.122. The number of hydrogen-bond acceptors (Lipinski definition) is 3. The zero-order valence-corrected chi connectivity index (χ0v) is 16.4. The van der Waals surface area contributed by atoms with E-state index in [1.54, 1.807) is 7.11 Å². The molecule has 1 aromatic rings. The number of nitrogens with one attached hydrogen (secondary N) is 1. The molecule has 2 bridgehead atoms. The molecule has 0 aliphatic heterocycles. The summed E-state index contributed by atoms with van der Waals surface area (Å²) in [5.74, 6) is 1.24. The smallest absolute Gasteiger partial charge is 0.227 e. The third-order valence-electron chi connectivity index (χ3n) is 5.45. The van der Waals surface area contributed by atoms with Crippen LogP contribution in [0.1, 0.15) is 37.7 Å². The van der Waals surface area contributed by atoms with Gasteiger partial charge in [0.25, 0.3) is 0 Å². The van der Waals surface area contributed by atoms with Crippen LogP contribution in [-0.4, -0.2) is 19.1 Å². The molecule has 2 saturated carbocycles. The Morgan fingerprint density at radius 3 is 2.62 bits per heavy atom. The van der Waals surface area contributed by atoms with Crippen molar-refractivity contribution < 1.29 is 9.53 Å². The van der Waals surface area contributed by atoms with Gasteiger partial charge in [-0.3, -0.25) is 4.79 Å². The fourth-order valence-electron chi connectivity index (χ4n) is 4.20. The molecule has 1 amide bonds. The highest BCUT2D eigenvalue weighted by atomic mass is 79.9. The second-order valence-corrected chi connectivity index (χ2v) is 7.74. The summed E-state index contributed by atoms with van der Waals surface area (Å²) >= 11 is 3.53. The summed E-state index contributed by atoms with van der Waals surface area (Å²) in [4.78, 5) is 12.8. The standard InChI is InChI=1S/C18H25BrN2O2.ClH/c1-23-10-14-15(19)6-3-7-16(14)21-18(22)13-8-11-4-2-5-12(9-13)17(11)20;/h3,6-7,11-13,17H,2,4-5,8-10,20H2,1H3,(H,21,22);1H. The molecular weight excluding hydrogens is 392 g/mol. The summed E-state index contributed by atoms with van der Waals surface area (Å²) in [7, 11) is 1.66. The number of halogens is 2. The third kappa shape index (κ3) is 4.13. The molecule has 2 unspecified atom stereocenters. The third-order valence-corrected chi connectivity index (χ3v) is 6.19. The molecule has 24 heavy (non-hydrogen) atoms. The molecule has 6 heteroatoms. The van der Waals surface area contributed by atoms with E-state index in [1.165, 1.54) is 19.3 Å². The van der Waals surface area contributed by atoms with Crippen molar-refractivity contribution in [2.75, 3.05) is 12.4 Å². The molecule has 2 aliphatic carbocycles. The Balaban J connectivity index is 0.00000208. The molecule has 0 radical (unpaired) electrons. The van der Waals surface area contributed by atoms with Gasteiger partial charge in [-0.15, -0.1) is 12.4 Å². The molecule has 3 rings (SSSR count). The van der Waals surface area contributed by atoms with Crippen molar-refractivity contribution in [2.45, 2.75) is 44.8 Å². The van der Waals surface area contributed by atoms with Crippen molar-refractivity contribution in [3.63, 3.8) is 0 Å². The highest BCUT2D eigenvalue weighted by Gasteiger charge is 2.40. The Kier molecular flexibility index (Phi) is 7.10. The van der Waals surface area contributed by atoms with E-state index in [9.17, 15) is 4.79 Å². The van der Waals surface area contributed by atoms with E-state index in [2.05, 4.69) is 21.2 Å². The van der Waals surface area contributed by atoms with Crippen LogP contribution < -0.4 is 11.1 Å². The summed E-state index contributed by atoms with van der Waals surface area (Å²) in [5.41, 5.74) is 8.15. The number of carbonyl (C=O) groups excluding carboxylic acids is 1. The molecular formula is C18H26BrClN2O2. The summed E-state index contributed by atoms with van der Waals surface area (Å²) in [6.07, 6.45) is 5.47. The van der Waals surface area contributed by atoms with Crippen molar-refractivity contribution in [3.05, 3.63) is 28.2 Å². The van der Waals surface area contributed by atoms with E-state index >= 15 is 0 Å². The number of methoxy groups -OCH3 is 1. The van der Waals surface area contributed by atoms with Crippen LogP contribution in [0, 0.1) is 17.8 Å². The van der Waals surface area contributed by atoms with Crippen molar-refractivity contribution >= 4 is 39.9 Å². The molecule has 0 spiro atoms. The van der Waals surface area contributed by atoms with Gasteiger partial charge in [0.15, 0.2) is 0 Å². The van der Waals surface area contributed by atoms with Gasteiger partial charge in [-0.05, 0) is 49.7 Å². The van der Waals surface area contributed by atoms with E-state index in [-0.39, 0.29) is 24.2 Å².